The summed E-state index contributed by atoms with van der Waals surface area (Å²) in [5, 5.41) is 3.42. The minimum Gasteiger partial charge on any atom is -0.444 e. The smallest absolute Gasteiger partial charge is 0.181 e. The highest BCUT2D eigenvalue weighted by molar-refractivity contribution is 5.60. The van der Waals surface area contributed by atoms with Gasteiger partial charge in [-0.25, -0.2) is 4.98 Å². The van der Waals surface area contributed by atoms with Crippen LogP contribution in [0.25, 0.3) is 11.3 Å². The molecule has 0 aliphatic heterocycles. The van der Waals surface area contributed by atoms with Crippen LogP contribution in [0.15, 0.2) is 65.5 Å². The third-order valence-electron chi connectivity index (χ3n) is 3.53. The number of hydrogen-bond acceptors (Lipinski definition) is 3. The lowest BCUT2D eigenvalue weighted by atomic mass is 10.1. The number of nitrogens with zero attached hydrogens (tertiary/aromatic N) is 1. The molecule has 0 bridgehead atoms. The van der Waals surface area contributed by atoms with E-state index in [2.05, 4.69) is 53.6 Å². The first-order chi connectivity index (χ1) is 10.3. The van der Waals surface area contributed by atoms with Crippen LogP contribution in [0, 0.1) is 0 Å². The normalized spacial score (nSPS) is 10.5. The summed E-state index contributed by atoms with van der Waals surface area (Å²) in [6, 6.07) is 16.9. The first-order valence-electron chi connectivity index (χ1n) is 7.16. The van der Waals surface area contributed by atoms with E-state index in [-0.39, 0.29) is 0 Å². The van der Waals surface area contributed by atoms with Gasteiger partial charge in [-0.1, -0.05) is 31.2 Å². The molecule has 0 fully saturated rings. The van der Waals surface area contributed by atoms with Crippen LogP contribution in [0.5, 0.6) is 0 Å². The molecule has 0 atom stereocenters. The number of nitrogens with one attached hydrogen (secondary N) is 1. The Bertz CT molecular complexity index is 670. The van der Waals surface area contributed by atoms with Gasteiger partial charge in [0.2, 0.25) is 0 Å². The molecule has 0 unspecified atom stereocenters. The van der Waals surface area contributed by atoms with Crippen molar-refractivity contribution in [3.05, 3.63) is 72.2 Å². The Morgan fingerprint density at radius 3 is 2.29 bits per heavy atom. The SMILES string of the molecule is CCc1ccc(CNc2ccc(-c3cnco3)cc2)cc1. The summed E-state index contributed by atoms with van der Waals surface area (Å²) in [7, 11) is 0. The molecule has 3 nitrogen and oxygen atoms in total. The van der Waals surface area contributed by atoms with Crippen molar-refractivity contribution < 1.29 is 4.42 Å². The number of hydrogen-bond donors (Lipinski definition) is 1. The first kappa shape index (κ1) is 13.4. The highest BCUT2D eigenvalue weighted by Gasteiger charge is 2.01. The number of oxazole rings is 1. The summed E-state index contributed by atoms with van der Waals surface area (Å²) in [6.07, 6.45) is 4.25. The van der Waals surface area contributed by atoms with Gasteiger partial charge in [0, 0.05) is 17.8 Å². The maximum atomic E-state index is 5.28. The van der Waals surface area contributed by atoms with Crippen LogP contribution < -0.4 is 5.32 Å². The van der Waals surface area contributed by atoms with Crippen LogP contribution in [-0.4, -0.2) is 4.98 Å². The molecule has 0 spiro atoms. The lowest BCUT2D eigenvalue weighted by Crippen LogP contribution is -1.99. The summed E-state index contributed by atoms with van der Waals surface area (Å²) in [5.41, 5.74) is 4.78. The summed E-state index contributed by atoms with van der Waals surface area (Å²) in [5.74, 6) is 0.789. The molecule has 21 heavy (non-hydrogen) atoms. The van der Waals surface area contributed by atoms with E-state index in [1.54, 1.807) is 6.20 Å². The van der Waals surface area contributed by atoms with Crippen LogP contribution in [0.1, 0.15) is 18.1 Å². The Morgan fingerprint density at radius 2 is 1.67 bits per heavy atom. The van der Waals surface area contributed by atoms with Gasteiger partial charge in [-0.05, 0) is 41.8 Å². The molecule has 1 N–H and O–H groups in total. The van der Waals surface area contributed by atoms with E-state index < -0.39 is 0 Å². The van der Waals surface area contributed by atoms with Crippen LogP contribution in [-0.2, 0) is 13.0 Å². The van der Waals surface area contributed by atoms with Gasteiger partial charge in [0.15, 0.2) is 12.2 Å². The van der Waals surface area contributed by atoms with Crippen LogP contribution in [0.2, 0.25) is 0 Å². The van der Waals surface area contributed by atoms with Crippen molar-refractivity contribution in [1.82, 2.24) is 4.98 Å². The second-order valence-corrected chi connectivity index (χ2v) is 4.97. The molecular weight excluding hydrogens is 260 g/mol. The molecule has 0 radical (unpaired) electrons. The fourth-order valence-corrected chi connectivity index (χ4v) is 2.21. The Morgan fingerprint density at radius 1 is 0.952 bits per heavy atom. The molecule has 1 heterocycles. The predicted octanol–water partition coefficient (Wildman–Crippen LogP) is 4.52. The molecule has 0 aliphatic rings. The van der Waals surface area contributed by atoms with Gasteiger partial charge < -0.3 is 9.73 Å². The van der Waals surface area contributed by atoms with Crippen molar-refractivity contribution in [3.63, 3.8) is 0 Å². The van der Waals surface area contributed by atoms with Gasteiger partial charge in [-0.2, -0.15) is 0 Å². The minimum atomic E-state index is 0.789. The lowest BCUT2D eigenvalue weighted by Gasteiger charge is -2.07. The first-order valence-corrected chi connectivity index (χ1v) is 7.16. The van der Waals surface area contributed by atoms with E-state index in [1.807, 2.05) is 12.1 Å². The van der Waals surface area contributed by atoms with Crippen molar-refractivity contribution >= 4 is 5.69 Å². The van der Waals surface area contributed by atoms with E-state index in [0.717, 1.165) is 30.0 Å². The molecule has 0 amide bonds. The molecule has 106 valence electrons. The van der Waals surface area contributed by atoms with Gasteiger partial charge in [0.25, 0.3) is 0 Å². The molecule has 0 saturated heterocycles. The Balaban J connectivity index is 1.62. The molecular formula is C18H18N2O. The lowest BCUT2D eigenvalue weighted by molar-refractivity contribution is 0.572. The molecule has 0 aliphatic carbocycles. The highest BCUT2D eigenvalue weighted by Crippen LogP contribution is 2.21. The van der Waals surface area contributed by atoms with E-state index in [4.69, 9.17) is 4.42 Å². The molecule has 0 saturated carbocycles. The average Bonchev–Trinajstić information content (AvgIpc) is 3.08. The standard InChI is InChI=1S/C18H18N2O/c1-2-14-3-5-15(6-4-14)11-20-17-9-7-16(8-10-17)18-12-19-13-21-18/h3-10,12-13,20H,2,11H2,1H3. The maximum Gasteiger partial charge on any atom is 0.181 e. The molecule has 3 rings (SSSR count). The van der Waals surface area contributed by atoms with Crippen LogP contribution in [0.3, 0.4) is 0 Å². The number of anilines is 1. The zero-order valence-electron chi connectivity index (χ0n) is 12.0. The third-order valence-corrected chi connectivity index (χ3v) is 3.53. The zero-order valence-corrected chi connectivity index (χ0v) is 12.0. The van der Waals surface area contributed by atoms with E-state index in [9.17, 15) is 0 Å². The minimum absolute atomic E-state index is 0.789. The average molecular weight is 278 g/mol. The Labute approximate surface area is 124 Å². The molecule has 2 aromatic carbocycles. The van der Waals surface area contributed by atoms with Crippen molar-refractivity contribution in [2.75, 3.05) is 5.32 Å². The number of aromatic nitrogens is 1. The number of aryl methyl sites for hydroxylation is 1. The van der Waals surface area contributed by atoms with Crippen molar-refractivity contribution in [1.29, 1.82) is 0 Å². The summed E-state index contributed by atoms with van der Waals surface area (Å²) in [6.45, 7) is 3.00. The fourth-order valence-electron chi connectivity index (χ4n) is 2.21. The maximum absolute atomic E-state index is 5.28. The fraction of sp³-hybridized carbons (Fsp3) is 0.167. The van der Waals surface area contributed by atoms with E-state index in [0.29, 0.717) is 0 Å². The van der Waals surface area contributed by atoms with E-state index in [1.165, 1.54) is 17.5 Å². The Hall–Kier alpha value is -2.55. The summed E-state index contributed by atoms with van der Waals surface area (Å²) < 4.78 is 5.28. The van der Waals surface area contributed by atoms with Crippen molar-refractivity contribution in [2.24, 2.45) is 0 Å². The second kappa shape index (κ2) is 6.27. The Kier molecular flexibility index (Phi) is 4.01. The van der Waals surface area contributed by atoms with Crippen molar-refractivity contribution in [2.45, 2.75) is 19.9 Å². The van der Waals surface area contributed by atoms with Gasteiger partial charge in [0.05, 0.1) is 6.20 Å². The van der Waals surface area contributed by atoms with Crippen molar-refractivity contribution in [3.8, 4) is 11.3 Å². The molecule has 1 aromatic heterocycles. The molecule has 3 aromatic rings. The topological polar surface area (TPSA) is 38.1 Å². The number of benzene rings is 2. The van der Waals surface area contributed by atoms with Gasteiger partial charge in [-0.3, -0.25) is 0 Å². The van der Waals surface area contributed by atoms with Crippen LogP contribution >= 0.6 is 0 Å². The van der Waals surface area contributed by atoms with E-state index >= 15 is 0 Å². The second-order valence-electron chi connectivity index (χ2n) is 4.97. The summed E-state index contributed by atoms with van der Waals surface area (Å²) >= 11 is 0. The monoisotopic (exact) mass is 278 g/mol. The number of rotatable bonds is 5. The quantitative estimate of drug-likeness (QED) is 0.746. The highest BCUT2D eigenvalue weighted by atomic mass is 16.3. The zero-order chi connectivity index (χ0) is 14.5. The van der Waals surface area contributed by atoms with Crippen LogP contribution in [0.4, 0.5) is 5.69 Å². The summed E-state index contributed by atoms with van der Waals surface area (Å²) in [4.78, 5) is 3.93. The van der Waals surface area contributed by atoms with Gasteiger partial charge >= 0.3 is 0 Å². The van der Waals surface area contributed by atoms with Gasteiger partial charge in [-0.15, -0.1) is 0 Å². The largest absolute Gasteiger partial charge is 0.444 e. The van der Waals surface area contributed by atoms with Gasteiger partial charge in [0.1, 0.15) is 0 Å². The predicted molar refractivity (Wildman–Crippen MR) is 85.1 cm³/mol. The molecule has 3 heteroatoms. The third kappa shape index (κ3) is 3.31.